The Morgan fingerprint density at radius 2 is 1.96 bits per heavy atom. The standard InChI is InChI=1S/C18H26F2N4O4/c1-18(22-10-15(25)24-11-13(20)8-14(24)9-21)3-6-23(7-4-18)16(26)12-28-17(27)2-5-19/h13-14,22H,2-8,10-12H2,1H3/t13-,14-/m0/s1. The molecule has 0 unspecified atom stereocenters. The number of carbonyl (C=O) groups excluding carboxylic acids is 3. The summed E-state index contributed by atoms with van der Waals surface area (Å²) in [5, 5.41) is 12.2. The van der Waals surface area contributed by atoms with Gasteiger partial charge in [0.1, 0.15) is 12.2 Å². The first kappa shape index (κ1) is 22.0. The molecule has 0 aromatic heterocycles. The Labute approximate surface area is 162 Å². The van der Waals surface area contributed by atoms with Crippen molar-refractivity contribution in [2.24, 2.45) is 0 Å². The summed E-state index contributed by atoms with van der Waals surface area (Å²) in [6.45, 7) is 1.50. The number of halogens is 2. The fraction of sp³-hybridized carbons (Fsp3) is 0.778. The Morgan fingerprint density at radius 1 is 1.29 bits per heavy atom. The van der Waals surface area contributed by atoms with Crippen LogP contribution in [0.5, 0.6) is 0 Å². The Hall–Kier alpha value is -2.28. The van der Waals surface area contributed by atoms with Crippen LogP contribution in [0, 0.1) is 11.3 Å². The van der Waals surface area contributed by atoms with Crippen LogP contribution in [0.4, 0.5) is 8.78 Å². The predicted molar refractivity (Wildman–Crippen MR) is 94.4 cm³/mol. The van der Waals surface area contributed by atoms with Crippen LogP contribution in [0.2, 0.25) is 0 Å². The highest BCUT2D eigenvalue weighted by Gasteiger charge is 2.37. The first-order chi connectivity index (χ1) is 13.3. The van der Waals surface area contributed by atoms with Gasteiger partial charge in [0.2, 0.25) is 5.91 Å². The van der Waals surface area contributed by atoms with Gasteiger partial charge >= 0.3 is 5.97 Å². The topological polar surface area (TPSA) is 103 Å². The predicted octanol–water partition coefficient (Wildman–Crippen LogP) is 0.322. The summed E-state index contributed by atoms with van der Waals surface area (Å²) in [5.41, 5.74) is -0.381. The molecule has 2 aliphatic heterocycles. The number of amides is 2. The summed E-state index contributed by atoms with van der Waals surface area (Å²) in [7, 11) is 0. The lowest BCUT2D eigenvalue weighted by molar-refractivity contribution is -0.152. The van der Waals surface area contributed by atoms with E-state index in [9.17, 15) is 23.2 Å². The maximum absolute atomic E-state index is 13.5. The first-order valence-electron chi connectivity index (χ1n) is 9.35. The monoisotopic (exact) mass is 400 g/mol. The van der Waals surface area contributed by atoms with Crippen molar-refractivity contribution in [2.75, 3.05) is 39.5 Å². The summed E-state index contributed by atoms with van der Waals surface area (Å²) >= 11 is 0. The van der Waals surface area contributed by atoms with Crippen molar-refractivity contribution < 1.29 is 27.9 Å². The molecule has 0 aromatic rings. The van der Waals surface area contributed by atoms with Gasteiger partial charge in [-0.1, -0.05) is 0 Å². The third-order valence-corrected chi connectivity index (χ3v) is 5.26. The lowest BCUT2D eigenvalue weighted by Gasteiger charge is -2.40. The van der Waals surface area contributed by atoms with Crippen molar-refractivity contribution in [2.45, 2.75) is 50.4 Å². The maximum atomic E-state index is 13.5. The van der Waals surface area contributed by atoms with E-state index >= 15 is 0 Å². The summed E-state index contributed by atoms with van der Waals surface area (Å²) in [5.74, 6) is -1.40. The number of rotatable bonds is 7. The highest BCUT2D eigenvalue weighted by atomic mass is 19.1. The van der Waals surface area contributed by atoms with Crippen molar-refractivity contribution >= 4 is 17.8 Å². The molecule has 2 fully saturated rings. The zero-order valence-electron chi connectivity index (χ0n) is 16.0. The van der Waals surface area contributed by atoms with Gasteiger partial charge < -0.3 is 19.9 Å². The Balaban J connectivity index is 1.75. The van der Waals surface area contributed by atoms with E-state index < -0.39 is 31.5 Å². The number of hydrogen-bond donors (Lipinski definition) is 1. The largest absolute Gasteiger partial charge is 0.455 e. The van der Waals surface area contributed by atoms with Crippen LogP contribution in [-0.2, 0) is 19.1 Å². The number of likely N-dealkylation sites (tertiary alicyclic amines) is 2. The lowest BCUT2D eigenvalue weighted by Crippen LogP contribution is -2.55. The highest BCUT2D eigenvalue weighted by molar-refractivity contribution is 5.81. The van der Waals surface area contributed by atoms with Crippen LogP contribution < -0.4 is 5.32 Å². The minimum Gasteiger partial charge on any atom is -0.455 e. The minimum atomic E-state index is -1.17. The normalized spacial score (nSPS) is 23.9. The number of nitrogens with zero attached hydrogens (tertiary/aromatic N) is 3. The van der Waals surface area contributed by atoms with Gasteiger partial charge in [-0.3, -0.25) is 18.8 Å². The number of alkyl halides is 2. The van der Waals surface area contributed by atoms with Crippen LogP contribution in [-0.4, -0.2) is 84.8 Å². The average Bonchev–Trinajstić information content (AvgIpc) is 3.06. The number of nitrogens with one attached hydrogen (secondary N) is 1. The number of carbonyl (C=O) groups is 3. The molecular weight excluding hydrogens is 374 g/mol. The van der Waals surface area contributed by atoms with Crippen molar-refractivity contribution in [3.8, 4) is 6.07 Å². The molecule has 2 aliphatic rings. The molecule has 28 heavy (non-hydrogen) atoms. The molecule has 156 valence electrons. The summed E-state index contributed by atoms with van der Waals surface area (Å²) in [6, 6.07) is 1.23. The van der Waals surface area contributed by atoms with E-state index in [1.54, 1.807) is 4.90 Å². The molecule has 2 saturated heterocycles. The Bertz CT molecular complexity index is 632. The second-order valence-electron chi connectivity index (χ2n) is 7.42. The van der Waals surface area contributed by atoms with Gasteiger partial charge in [-0.05, 0) is 19.8 Å². The summed E-state index contributed by atoms with van der Waals surface area (Å²) in [6.07, 6.45) is -0.323. The molecule has 0 radical (unpaired) electrons. The zero-order valence-corrected chi connectivity index (χ0v) is 16.0. The van der Waals surface area contributed by atoms with Gasteiger partial charge in [-0.2, -0.15) is 5.26 Å². The molecule has 0 spiro atoms. The molecule has 0 bridgehead atoms. The van der Waals surface area contributed by atoms with Crippen molar-refractivity contribution in [3.63, 3.8) is 0 Å². The zero-order chi connectivity index (χ0) is 20.7. The van der Waals surface area contributed by atoms with Gasteiger partial charge in [0.05, 0.1) is 32.3 Å². The molecule has 8 nitrogen and oxygen atoms in total. The van der Waals surface area contributed by atoms with Gasteiger partial charge in [0.15, 0.2) is 6.61 Å². The van der Waals surface area contributed by atoms with Crippen LogP contribution in [0.1, 0.15) is 32.6 Å². The number of esters is 1. The van der Waals surface area contributed by atoms with Crippen LogP contribution in [0.3, 0.4) is 0 Å². The number of ether oxygens (including phenoxy) is 1. The van der Waals surface area contributed by atoms with E-state index in [0.717, 1.165) is 0 Å². The Kier molecular flexibility index (Phi) is 7.69. The number of piperidine rings is 1. The minimum absolute atomic E-state index is 0.00378. The fourth-order valence-corrected chi connectivity index (χ4v) is 3.38. The van der Waals surface area contributed by atoms with Gasteiger partial charge in [-0.25, -0.2) is 4.39 Å². The number of hydrogen-bond acceptors (Lipinski definition) is 6. The highest BCUT2D eigenvalue weighted by Crippen LogP contribution is 2.23. The summed E-state index contributed by atoms with van der Waals surface area (Å²) < 4.78 is 30.2. The van der Waals surface area contributed by atoms with E-state index in [1.165, 1.54) is 4.90 Å². The summed E-state index contributed by atoms with van der Waals surface area (Å²) in [4.78, 5) is 38.4. The smallest absolute Gasteiger partial charge is 0.308 e. The Morgan fingerprint density at radius 3 is 2.57 bits per heavy atom. The van der Waals surface area contributed by atoms with Crippen molar-refractivity contribution in [1.82, 2.24) is 15.1 Å². The van der Waals surface area contributed by atoms with E-state index in [-0.39, 0.29) is 43.3 Å². The SMILES string of the molecule is CC1(NCC(=O)N2C[C@@H](F)C[C@H]2C#N)CCN(C(=O)COC(=O)CCF)CC1. The average molecular weight is 400 g/mol. The molecular formula is C18H26F2N4O4. The van der Waals surface area contributed by atoms with Crippen LogP contribution in [0.15, 0.2) is 0 Å². The second kappa shape index (κ2) is 9.78. The van der Waals surface area contributed by atoms with Crippen molar-refractivity contribution in [3.05, 3.63) is 0 Å². The second-order valence-corrected chi connectivity index (χ2v) is 7.42. The van der Waals surface area contributed by atoms with E-state index in [1.807, 2.05) is 13.0 Å². The third-order valence-electron chi connectivity index (χ3n) is 5.26. The molecule has 0 aliphatic carbocycles. The van der Waals surface area contributed by atoms with E-state index in [4.69, 9.17) is 10.00 Å². The van der Waals surface area contributed by atoms with Crippen LogP contribution >= 0.6 is 0 Å². The molecule has 2 atom stereocenters. The van der Waals surface area contributed by atoms with Crippen molar-refractivity contribution in [1.29, 1.82) is 5.26 Å². The van der Waals surface area contributed by atoms with Gasteiger partial charge in [0.25, 0.3) is 5.91 Å². The van der Waals surface area contributed by atoms with Gasteiger partial charge in [-0.15, -0.1) is 0 Å². The molecule has 10 heteroatoms. The van der Waals surface area contributed by atoms with Crippen LogP contribution in [0.25, 0.3) is 0 Å². The fourth-order valence-electron chi connectivity index (χ4n) is 3.38. The first-order valence-corrected chi connectivity index (χ1v) is 9.35. The molecule has 0 saturated carbocycles. The third kappa shape index (κ3) is 5.86. The lowest BCUT2D eigenvalue weighted by atomic mass is 9.89. The van der Waals surface area contributed by atoms with Gasteiger partial charge in [0, 0.05) is 25.0 Å². The quantitative estimate of drug-likeness (QED) is 0.618. The molecule has 2 amide bonds. The van der Waals surface area contributed by atoms with E-state index in [0.29, 0.717) is 25.9 Å². The molecule has 1 N–H and O–H groups in total. The molecule has 2 rings (SSSR count). The number of nitriles is 1. The molecule has 2 heterocycles. The van der Waals surface area contributed by atoms with E-state index in [2.05, 4.69) is 5.32 Å². The molecule has 0 aromatic carbocycles. The maximum Gasteiger partial charge on any atom is 0.308 e.